The largest absolute Gasteiger partial charge is 0.324 e. The number of hydrogen-bond donors (Lipinski definition) is 1. The van der Waals surface area contributed by atoms with E-state index in [0.29, 0.717) is 15.7 Å². The second kappa shape index (κ2) is 8.57. The lowest BCUT2D eigenvalue weighted by Gasteiger charge is -2.09. The van der Waals surface area contributed by atoms with Crippen LogP contribution in [0.25, 0.3) is 0 Å². The lowest BCUT2D eigenvalue weighted by molar-refractivity contribution is -0.113. The van der Waals surface area contributed by atoms with E-state index in [1.54, 1.807) is 18.2 Å². The molecule has 0 bridgehead atoms. The second-order valence-electron chi connectivity index (χ2n) is 4.87. The highest BCUT2D eigenvalue weighted by atomic mass is 35.5. The summed E-state index contributed by atoms with van der Waals surface area (Å²) >= 11 is 13.3. The van der Waals surface area contributed by atoms with Crippen LogP contribution < -0.4 is 5.32 Å². The molecule has 2 rings (SSSR count). The highest BCUT2D eigenvalue weighted by Gasteiger charge is 2.13. The summed E-state index contributed by atoms with van der Waals surface area (Å²) in [5, 5.41) is 12.8. The van der Waals surface area contributed by atoms with Crippen molar-refractivity contribution in [2.45, 2.75) is 38.4 Å². The summed E-state index contributed by atoms with van der Waals surface area (Å²) in [7, 11) is 0. The van der Waals surface area contributed by atoms with Crippen molar-refractivity contribution in [3.63, 3.8) is 0 Å². The minimum atomic E-state index is -0.150. The third-order valence-corrected chi connectivity index (χ3v) is 4.61. The van der Waals surface area contributed by atoms with Gasteiger partial charge in [0, 0.05) is 18.0 Å². The summed E-state index contributed by atoms with van der Waals surface area (Å²) in [6, 6.07) is 4.96. The Hall–Kier alpha value is -1.24. The van der Waals surface area contributed by atoms with Gasteiger partial charge in [0.05, 0.1) is 16.5 Å². The molecule has 1 aromatic carbocycles. The van der Waals surface area contributed by atoms with Crippen LogP contribution in [0.4, 0.5) is 5.69 Å². The van der Waals surface area contributed by atoms with Crippen molar-refractivity contribution in [2.75, 3.05) is 11.1 Å². The Morgan fingerprint density at radius 3 is 2.74 bits per heavy atom. The van der Waals surface area contributed by atoms with Gasteiger partial charge in [-0.3, -0.25) is 4.79 Å². The number of benzene rings is 1. The van der Waals surface area contributed by atoms with E-state index in [1.165, 1.54) is 11.8 Å². The van der Waals surface area contributed by atoms with E-state index in [-0.39, 0.29) is 11.7 Å². The average molecular weight is 373 g/mol. The molecule has 23 heavy (non-hydrogen) atoms. The van der Waals surface area contributed by atoms with E-state index in [9.17, 15) is 4.79 Å². The van der Waals surface area contributed by atoms with Crippen LogP contribution in [0.3, 0.4) is 0 Å². The van der Waals surface area contributed by atoms with Gasteiger partial charge < -0.3 is 9.88 Å². The third kappa shape index (κ3) is 4.86. The third-order valence-electron chi connectivity index (χ3n) is 3.09. The highest BCUT2D eigenvalue weighted by molar-refractivity contribution is 7.99. The zero-order valence-electron chi connectivity index (χ0n) is 13.0. The Balaban J connectivity index is 1.98. The van der Waals surface area contributed by atoms with Crippen LogP contribution in [0.1, 0.15) is 26.1 Å². The van der Waals surface area contributed by atoms with Gasteiger partial charge in [-0.25, -0.2) is 0 Å². The standard InChI is InChI=1S/C15H18Cl2N4OS/c1-3-7-21-13(4-2)19-20-15(21)23-9-14(22)18-12-6-5-10(16)8-11(12)17/h5-6,8H,3-4,7,9H2,1-2H3,(H,18,22). The van der Waals surface area contributed by atoms with Crippen molar-refractivity contribution < 1.29 is 4.79 Å². The number of aromatic nitrogens is 3. The molecule has 0 aliphatic heterocycles. The van der Waals surface area contributed by atoms with E-state index in [0.717, 1.165) is 30.4 Å². The fourth-order valence-electron chi connectivity index (χ4n) is 2.04. The zero-order chi connectivity index (χ0) is 16.8. The van der Waals surface area contributed by atoms with Gasteiger partial charge in [0.1, 0.15) is 5.82 Å². The number of carbonyl (C=O) groups is 1. The summed E-state index contributed by atoms with van der Waals surface area (Å²) < 4.78 is 2.06. The first-order chi connectivity index (χ1) is 11.0. The molecule has 1 aromatic heterocycles. The Kier molecular flexibility index (Phi) is 6.74. The van der Waals surface area contributed by atoms with E-state index in [2.05, 4.69) is 27.0 Å². The van der Waals surface area contributed by atoms with E-state index in [4.69, 9.17) is 23.2 Å². The van der Waals surface area contributed by atoms with Gasteiger partial charge >= 0.3 is 0 Å². The molecule has 0 unspecified atom stereocenters. The number of nitrogens with zero attached hydrogens (tertiary/aromatic N) is 3. The predicted octanol–water partition coefficient (Wildman–Crippen LogP) is 4.29. The van der Waals surface area contributed by atoms with Crippen LogP contribution in [0.15, 0.2) is 23.4 Å². The fraction of sp³-hybridized carbons (Fsp3) is 0.400. The van der Waals surface area contributed by atoms with Crippen LogP contribution in [-0.4, -0.2) is 26.4 Å². The molecule has 8 heteroatoms. The fourth-order valence-corrected chi connectivity index (χ4v) is 3.28. The van der Waals surface area contributed by atoms with Gasteiger partial charge in [-0.1, -0.05) is 48.8 Å². The lowest BCUT2D eigenvalue weighted by atomic mass is 10.3. The molecular weight excluding hydrogens is 355 g/mol. The van der Waals surface area contributed by atoms with Gasteiger partial charge in [-0.2, -0.15) is 0 Å². The molecule has 0 atom stereocenters. The first-order valence-corrected chi connectivity index (χ1v) is 9.09. The molecular formula is C15H18Cl2N4OS. The number of halogens is 2. The number of hydrogen-bond acceptors (Lipinski definition) is 4. The van der Waals surface area contributed by atoms with Crippen LogP contribution >= 0.6 is 35.0 Å². The van der Waals surface area contributed by atoms with Gasteiger partial charge in [0.15, 0.2) is 5.16 Å². The number of carbonyl (C=O) groups excluding carboxylic acids is 1. The van der Waals surface area contributed by atoms with E-state index < -0.39 is 0 Å². The Morgan fingerprint density at radius 1 is 1.30 bits per heavy atom. The summed E-state index contributed by atoms with van der Waals surface area (Å²) in [5.74, 6) is 1.03. The first kappa shape index (κ1) is 18.1. The van der Waals surface area contributed by atoms with Gasteiger partial charge in [-0.05, 0) is 24.6 Å². The number of amides is 1. The number of anilines is 1. The maximum atomic E-state index is 12.1. The quantitative estimate of drug-likeness (QED) is 0.736. The van der Waals surface area contributed by atoms with Gasteiger partial charge in [0.2, 0.25) is 5.91 Å². The van der Waals surface area contributed by atoms with Crippen molar-refractivity contribution in [1.82, 2.24) is 14.8 Å². The maximum Gasteiger partial charge on any atom is 0.234 e. The average Bonchev–Trinajstić information content (AvgIpc) is 2.90. The number of aryl methyl sites for hydroxylation is 1. The smallest absolute Gasteiger partial charge is 0.234 e. The molecule has 0 fully saturated rings. The van der Waals surface area contributed by atoms with Crippen molar-refractivity contribution in [3.05, 3.63) is 34.1 Å². The van der Waals surface area contributed by atoms with Gasteiger partial charge in [0.25, 0.3) is 0 Å². The number of rotatable bonds is 7. The monoisotopic (exact) mass is 372 g/mol. The number of thioether (sulfide) groups is 1. The molecule has 0 aliphatic rings. The second-order valence-corrected chi connectivity index (χ2v) is 6.65. The Morgan fingerprint density at radius 2 is 2.09 bits per heavy atom. The molecule has 0 saturated heterocycles. The molecule has 0 saturated carbocycles. The maximum absolute atomic E-state index is 12.1. The van der Waals surface area contributed by atoms with Crippen molar-refractivity contribution in [2.24, 2.45) is 0 Å². The summed E-state index contributed by atoms with van der Waals surface area (Å²) in [5.41, 5.74) is 0.547. The van der Waals surface area contributed by atoms with Crippen molar-refractivity contribution in [3.8, 4) is 0 Å². The molecule has 0 aliphatic carbocycles. The predicted molar refractivity (Wildman–Crippen MR) is 95.5 cm³/mol. The molecule has 1 heterocycles. The zero-order valence-corrected chi connectivity index (χ0v) is 15.3. The molecule has 2 aromatic rings. The summed E-state index contributed by atoms with van der Waals surface area (Å²) in [4.78, 5) is 12.1. The SMILES string of the molecule is CCCn1c(CC)nnc1SCC(=O)Nc1ccc(Cl)cc1Cl. The van der Waals surface area contributed by atoms with E-state index >= 15 is 0 Å². The van der Waals surface area contributed by atoms with Crippen LogP contribution in [0, 0.1) is 0 Å². The Labute approximate surface area is 149 Å². The minimum absolute atomic E-state index is 0.150. The van der Waals surface area contributed by atoms with Crippen LogP contribution in [0.5, 0.6) is 0 Å². The van der Waals surface area contributed by atoms with Crippen LogP contribution in [0.2, 0.25) is 10.0 Å². The highest BCUT2D eigenvalue weighted by Crippen LogP contribution is 2.26. The van der Waals surface area contributed by atoms with Crippen molar-refractivity contribution in [1.29, 1.82) is 0 Å². The molecule has 5 nitrogen and oxygen atoms in total. The first-order valence-electron chi connectivity index (χ1n) is 7.34. The lowest BCUT2D eigenvalue weighted by Crippen LogP contribution is -2.15. The molecule has 0 radical (unpaired) electrons. The molecule has 1 N–H and O–H groups in total. The minimum Gasteiger partial charge on any atom is -0.324 e. The molecule has 1 amide bonds. The Bertz CT molecular complexity index is 690. The normalized spacial score (nSPS) is 10.8. The van der Waals surface area contributed by atoms with Gasteiger partial charge in [-0.15, -0.1) is 10.2 Å². The molecule has 0 spiro atoms. The summed E-state index contributed by atoms with van der Waals surface area (Å²) in [6.07, 6.45) is 1.81. The van der Waals surface area contributed by atoms with Crippen molar-refractivity contribution >= 4 is 46.6 Å². The number of nitrogens with one attached hydrogen (secondary N) is 1. The topological polar surface area (TPSA) is 59.8 Å². The summed E-state index contributed by atoms with van der Waals surface area (Å²) in [6.45, 7) is 4.99. The molecule has 124 valence electrons. The van der Waals surface area contributed by atoms with E-state index in [1.807, 2.05) is 6.92 Å². The van der Waals surface area contributed by atoms with Crippen LogP contribution in [-0.2, 0) is 17.8 Å².